The molecule has 1 aromatic heterocycles. The molecule has 1 fully saturated rings. The minimum absolute atomic E-state index is 0.0791. The van der Waals surface area contributed by atoms with Crippen LogP contribution in [0.3, 0.4) is 0 Å². The number of halogens is 4. The van der Waals surface area contributed by atoms with E-state index in [0.717, 1.165) is 5.56 Å². The summed E-state index contributed by atoms with van der Waals surface area (Å²) in [6.07, 6.45) is -1.64. The normalized spacial score (nSPS) is 20.8. The molecule has 1 N–H and O–H groups in total. The zero-order chi connectivity index (χ0) is 28.8. The van der Waals surface area contributed by atoms with Crippen molar-refractivity contribution in [3.05, 3.63) is 100 Å². The summed E-state index contributed by atoms with van der Waals surface area (Å²) in [4.78, 5) is 27.1. The first-order valence-electron chi connectivity index (χ1n) is 12.3. The number of aryl methyl sites for hydroxylation is 1. The Labute approximate surface area is 250 Å². The molecule has 0 amide bonds. The minimum Gasteiger partial charge on any atom is -0.382 e. The van der Waals surface area contributed by atoms with E-state index in [2.05, 4.69) is 4.98 Å². The molecule has 2 heterocycles. The second-order valence-corrected chi connectivity index (χ2v) is 10.8. The van der Waals surface area contributed by atoms with Crippen molar-refractivity contribution in [3.63, 3.8) is 0 Å². The van der Waals surface area contributed by atoms with E-state index in [4.69, 9.17) is 70.1 Å². The third-order valence-corrected chi connectivity index (χ3v) is 7.48. The monoisotopic (exact) mass is 632 g/mol. The van der Waals surface area contributed by atoms with Crippen LogP contribution in [0.5, 0.6) is 0 Å². The third kappa shape index (κ3) is 7.67. The van der Waals surface area contributed by atoms with Crippen LogP contribution in [-0.4, -0.2) is 54.8 Å². The Bertz CT molecular complexity index is 1430. The van der Waals surface area contributed by atoms with Gasteiger partial charge in [0.05, 0.1) is 33.0 Å². The fourth-order valence-electron chi connectivity index (χ4n) is 4.24. The number of aromatic nitrogens is 2. The average Bonchev–Trinajstić information content (AvgIpc) is 3.24. The number of aromatic amines is 1. The van der Waals surface area contributed by atoms with Crippen molar-refractivity contribution in [1.29, 1.82) is 0 Å². The van der Waals surface area contributed by atoms with Gasteiger partial charge in [0.2, 0.25) is 0 Å². The van der Waals surface area contributed by atoms with E-state index in [-0.39, 0.29) is 26.4 Å². The van der Waals surface area contributed by atoms with Gasteiger partial charge in [-0.25, -0.2) is 4.79 Å². The van der Waals surface area contributed by atoms with Gasteiger partial charge in [0.15, 0.2) is 6.23 Å². The fraction of sp³-hybridized carbons (Fsp3) is 0.407. The Morgan fingerprint density at radius 2 is 1.55 bits per heavy atom. The van der Waals surface area contributed by atoms with Crippen LogP contribution in [0.25, 0.3) is 0 Å². The first-order chi connectivity index (χ1) is 19.2. The standard InChI is InChI=1S/C27H28Cl4N2O7/c1-15-11-33(27(35)32-25(15)34)26-24(38-8-7-36-2)23(39-13-17-4-6-19(29)10-21(17)31)22(40-26)14-37-12-16-3-5-18(28)9-20(16)30/h3-6,9-11,22-24,26H,7-8,12-14H2,1-2H3,(H,32,34,35)/t22-,23-,24-,26-/m1/s1. The summed E-state index contributed by atoms with van der Waals surface area (Å²) in [6.45, 7) is 2.47. The van der Waals surface area contributed by atoms with E-state index in [0.29, 0.717) is 37.8 Å². The highest BCUT2D eigenvalue weighted by atomic mass is 35.5. The second-order valence-electron chi connectivity index (χ2n) is 9.13. The van der Waals surface area contributed by atoms with Gasteiger partial charge in [0.25, 0.3) is 5.56 Å². The summed E-state index contributed by atoms with van der Waals surface area (Å²) in [5.41, 5.74) is 0.651. The lowest BCUT2D eigenvalue weighted by Gasteiger charge is -2.25. The zero-order valence-corrected chi connectivity index (χ0v) is 24.7. The SMILES string of the molecule is COCCO[C@@H]1[C@H](OCc2ccc(Cl)cc2Cl)[C@@H](COCc2ccc(Cl)cc2Cl)O[C@H]1n1cc(C)c(=O)[nH]c1=O. The number of ether oxygens (including phenoxy) is 5. The van der Waals surface area contributed by atoms with Crippen LogP contribution in [0.4, 0.5) is 0 Å². The van der Waals surface area contributed by atoms with E-state index in [1.165, 1.54) is 10.8 Å². The fourth-order valence-corrected chi connectivity index (χ4v) is 5.16. The number of nitrogens with one attached hydrogen (secondary N) is 1. The Kier molecular flexibility index (Phi) is 11.1. The lowest BCUT2D eigenvalue weighted by Crippen LogP contribution is -2.41. The quantitative estimate of drug-likeness (QED) is 0.274. The molecule has 0 bridgehead atoms. The van der Waals surface area contributed by atoms with Crippen molar-refractivity contribution in [2.45, 2.75) is 44.7 Å². The molecule has 4 atom stereocenters. The van der Waals surface area contributed by atoms with Crippen LogP contribution in [0.1, 0.15) is 22.9 Å². The highest BCUT2D eigenvalue weighted by Gasteiger charge is 2.48. The van der Waals surface area contributed by atoms with Crippen molar-refractivity contribution in [2.75, 3.05) is 26.9 Å². The summed E-state index contributed by atoms with van der Waals surface area (Å²) < 4.78 is 31.2. The first-order valence-corrected chi connectivity index (χ1v) is 13.8. The zero-order valence-electron chi connectivity index (χ0n) is 21.7. The van der Waals surface area contributed by atoms with Crippen LogP contribution >= 0.6 is 46.4 Å². The predicted molar refractivity (Wildman–Crippen MR) is 153 cm³/mol. The van der Waals surface area contributed by atoms with Crippen LogP contribution in [-0.2, 0) is 36.9 Å². The highest BCUT2D eigenvalue weighted by Crippen LogP contribution is 2.35. The molecule has 40 heavy (non-hydrogen) atoms. The number of methoxy groups -OCH3 is 1. The van der Waals surface area contributed by atoms with Crippen LogP contribution in [0.2, 0.25) is 20.1 Å². The second kappa shape index (κ2) is 14.3. The van der Waals surface area contributed by atoms with E-state index in [9.17, 15) is 9.59 Å². The van der Waals surface area contributed by atoms with E-state index in [1.54, 1.807) is 50.4 Å². The van der Waals surface area contributed by atoms with E-state index < -0.39 is 35.8 Å². The van der Waals surface area contributed by atoms with Gasteiger partial charge in [-0.1, -0.05) is 58.5 Å². The summed E-state index contributed by atoms with van der Waals surface area (Å²) in [5, 5.41) is 1.93. The molecule has 9 nitrogen and oxygen atoms in total. The summed E-state index contributed by atoms with van der Waals surface area (Å²) >= 11 is 24.7. The molecule has 0 aliphatic carbocycles. The Balaban J connectivity index is 1.61. The molecule has 0 saturated carbocycles. The molecule has 216 valence electrons. The smallest absolute Gasteiger partial charge is 0.330 e. The van der Waals surface area contributed by atoms with Crippen molar-refractivity contribution >= 4 is 46.4 Å². The molecule has 13 heteroatoms. The highest BCUT2D eigenvalue weighted by molar-refractivity contribution is 6.35. The molecule has 2 aromatic carbocycles. The Hall–Kier alpha value is -1.92. The predicted octanol–water partition coefficient (Wildman–Crippen LogP) is 5.19. The Morgan fingerprint density at radius 1 is 0.900 bits per heavy atom. The van der Waals surface area contributed by atoms with Crippen LogP contribution in [0.15, 0.2) is 52.2 Å². The number of benzene rings is 2. The minimum atomic E-state index is -0.932. The topological polar surface area (TPSA) is 101 Å². The lowest BCUT2D eigenvalue weighted by molar-refractivity contribution is -0.0939. The molecule has 1 aliphatic rings. The third-order valence-electron chi connectivity index (χ3n) is 6.30. The van der Waals surface area contributed by atoms with Gasteiger partial charge in [0, 0.05) is 39.0 Å². The molecule has 0 spiro atoms. The molecule has 0 unspecified atom stereocenters. The van der Waals surface area contributed by atoms with Gasteiger partial charge in [-0.15, -0.1) is 0 Å². The molecule has 4 rings (SSSR count). The first kappa shape index (κ1) is 31.0. The number of hydrogen-bond donors (Lipinski definition) is 1. The lowest BCUT2D eigenvalue weighted by atomic mass is 10.1. The largest absolute Gasteiger partial charge is 0.382 e. The molecular weight excluding hydrogens is 606 g/mol. The molecule has 3 aromatic rings. The summed E-state index contributed by atoms with van der Waals surface area (Å²) in [5.74, 6) is 0. The van der Waals surface area contributed by atoms with Crippen molar-refractivity contribution in [1.82, 2.24) is 9.55 Å². The summed E-state index contributed by atoms with van der Waals surface area (Å²) in [6, 6.07) is 10.2. The maximum absolute atomic E-state index is 12.8. The maximum Gasteiger partial charge on any atom is 0.330 e. The van der Waals surface area contributed by atoms with Crippen molar-refractivity contribution < 1.29 is 23.7 Å². The number of H-pyrrole nitrogens is 1. The molecular formula is C27H28Cl4N2O7. The number of rotatable bonds is 12. The van der Waals surface area contributed by atoms with Gasteiger partial charge in [-0.3, -0.25) is 14.3 Å². The average molecular weight is 634 g/mol. The van der Waals surface area contributed by atoms with E-state index in [1.807, 2.05) is 0 Å². The number of nitrogens with zero attached hydrogens (tertiary/aromatic N) is 1. The summed E-state index contributed by atoms with van der Waals surface area (Å²) in [7, 11) is 1.55. The van der Waals surface area contributed by atoms with Crippen molar-refractivity contribution in [2.24, 2.45) is 0 Å². The van der Waals surface area contributed by atoms with Crippen molar-refractivity contribution in [3.8, 4) is 0 Å². The Morgan fingerprint density at radius 3 is 2.17 bits per heavy atom. The van der Waals surface area contributed by atoms with E-state index >= 15 is 0 Å². The van der Waals surface area contributed by atoms with Crippen LogP contribution in [0, 0.1) is 6.92 Å². The van der Waals surface area contributed by atoms with Crippen LogP contribution < -0.4 is 11.2 Å². The van der Waals surface area contributed by atoms with Gasteiger partial charge in [0.1, 0.15) is 18.3 Å². The van der Waals surface area contributed by atoms with Gasteiger partial charge in [-0.05, 0) is 42.3 Å². The van der Waals surface area contributed by atoms with Gasteiger partial charge in [-0.2, -0.15) is 0 Å². The maximum atomic E-state index is 12.8. The molecule has 1 aliphatic heterocycles. The number of hydrogen-bond acceptors (Lipinski definition) is 7. The van der Waals surface area contributed by atoms with Gasteiger partial charge >= 0.3 is 5.69 Å². The van der Waals surface area contributed by atoms with Gasteiger partial charge < -0.3 is 23.7 Å². The molecule has 0 radical (unpaired) electrons. The molecule has 1 saturated heterocycles.